The average Bonchev–Trinajstić information content (AvgIpc) is 2.98. The minimum Gasteiger partial charge on any atom is -0.476 e. The molecule has 0 aromatic carbocycles. The van der Waals surface area contributed by atoms with E-state index in [1.165, 1.54) is 0 Å². The molecule has 0 unspecified atom stereocenters. The monoisotopic (exact) mass is 391 g/mol. The maximum atomic E-state index is 8.35. The third kappa shape index (κ3) is 3.84. The van der Waals surface area contributed by atoms with E-state index < -0.39 is 0 Å². The molecule has 2 aromatic rings. The number of aryl methyl sites for hydroxylation is 1. The summed E-state index contributed by atoms with van der Waals surface area (Å²) in [5.41, 5.74) is 2.02. The Bertz CT molecular complexity index is 889. The molecule has 4 heterocycles. The molecule has 0 atom stereocenters. The molecule has 0 spiro atoms. The van der Waals surface area contributed by atoms with Crippen LogP contribution in [0, 0.1) is 5.41 Å². The van der Waals surface area contributed by atoms with E-state index in [0.29, 0.717) is 53.4 Å². The molecule has 9 nitrogen and oxygen atoms in total. The number of rotatable bonds is 2. The van der Waals surface area contributed by atoms with Crippen molar-refractivity contribution in [3.8, 4) is 0 Å². The summed E-state index contributed by atoms with van der Waals surface area (Å²) in [7, 11) is 0. The lowest BCUT2D eigenvalue weighted by Gasteiger charge is -2.26. The second kappa shape index (κ2) is 7.69. The van der Waals surface area contributed by atoms with E-state index >= 15 is 0 Å². The van der Waals surface area contributed by atoms with Gasteiger partial charge in [0.05, 0.1) is 12.0 Å². The van der Waals surface area contributed by atoms with Crippen LogP contribution >= 0.6 is 11.6 Å². The molecule has 144 valence electrons. The van der Waals surface area contributed by atoms with Gasteiger partial charge in [0.25, 0.3) is 0 Å². The fourth-order valence-electron chi connectivity index (χ4n) is 3.25. The van der Waals surface area contributed by atoms with Gasteiger partial charge in [-0.25, -0.2) is 9.67 Å². The fourth-order valence-corrected chi connectivity index (χ4v) is 3.48. The van der Waals surface area contributed by atoms with Crippen molar-refractivity contribution in [2.24, 2.45) is 0 Å². The zero-order valence-electron chi connectivity index (χ0n) is 15.1. The third-order valence-electron chi connectivity index (χ3n) is 4.69. The van der Waals surface area contributed by atoms with Crippen LogP contribution in [0.2, 0.25) is 5.15 Å². The largest absolute Gasteiger partial charge is 0.476 e. The number of hydrogen-bond donors (Lipinski definition) is 3. The Balaban J connectivity index is 1.67. The number of hydrogen-bond acceptors (Lipinski definition) is 8. The maximum absolute atomic E-state index is 8.35. The van der Waals surface area contributed by atoms with Crippen LogP contribution in [-0.4, -0.2) is 51.5 Å². The summed E-state index contributed by atoms with van der Waals surface area (Å²) in [5.74, 6) is 0.437. The summed E-state index contributed by atoms with van der Waals surface area (Å²) in [6.07, 6.45) is 4.20. The van der Waals surface area contributed by atoms with Crippen LogP contribution in [0.3, 0.4) is 0 Å². The van der Waals surface area contributed by atoms with Crippen molar-refractivity contribution in [2.75, 3.05) is 25.1 Å². The molecule has 0 aliphatic carbocycles. The Hall–Kier alpha value is -2.39. The van der Waals surface area contributed by atoms with Crippen LogP contribution in [0.1, 0.15) is 26.2 Å². The van der Waals surface area contributed by atoms with E-state index in [-0.39, 0.29) is 5.90 Å². The van der Waals surface area contributed by atoms with Gasteiger partial charge in [-0.1, -0.05) is 11.6 Å². The van der Waals surface area contributed by atoms with Crippen LogP contribution in [-0.2, 0) is 16.0 Å². The quantitative estimate of drug-likeness (QED) is 0.720. The van der Waals surface area contributed by atoms with Gasteiger partial charge in [-0.3, -0.25) is 5.41 Å². The topological polar surface area (TPSA) is 110 Å². The van der Waals surface area contributed by atoms with Crippen molar-refractivity contribution in [2.45, 2.75) is 38.8 Å². The zero-order chi connectivity index (χ0) is 18.8. The van der Waals surface area contributed by atoms with E-state index in [1.54, 1.807) is 10.9 Å². The van der Waals surface area contributed by atoms with E-state index in [1.807, 2.05) is 6.92 Å². The van der Waals surface area contributed by atoms with Crippen molar-refractivity contribution in [1.82, 2.24) is 25.1 Å². The Labute approximate surface area is 161 Å². The molecule has 0 amide bonds. The van der Waals surface area contributed by atoms with Crippen LogP contribution in [0.25, 0.3) is 11.0 Å². The molecule has 4 rings (SSSR count). The molecule has 1 saturated heterocycles. The van der Waals surface area contributed by atoms with Crippen molar-refractivity contribution in [3.05, 3.63) is 22.7 Å². The van der Waals surface area contributed by atoms with Gasteiger partial charge in [0.2, 0.25) is 11.8 Å². The standard InChI is InChI=1S/C17H22ClN7O2/c1-10(21-11-3-7-26-8-4-11)13-15(19)27-6-2-5-25-16-12(14(18)24-25)9-20-17(22-13)23-16/h9,11,19,21H,2-8H2,1H3,(H,20,22,23)/b13-10+,19-15?. The molecular weight excluding hydrogens is 370 g/mol. The predicted molar refractivity (Wildman–Crippen MR) is 102 cm³/mol. The highest BCUT2D eigenvalue weighted by Crippen LogP contribution is 2.23. The molecule has 10 heteroatoms. The van der Waals surface area contributed by atoms with Gasteiger partial charge in [0.1, 0.15) is 5.70 Å². The predicted octanol–water partition coefficient (Wildman–Crippen LogP) is 2.29. The highest BCUT2D eigenvalue weighted by Gasteiger charge is 2.20. The van der Waals surface area contributed by atoms with Gasteiger partial charge in [0.15, 0.2) is 10.8 Å². The summed E-state index contributed by atoms with van der Waals surface area (Å²) in [4.78, 5) is 8.88. The smallest absolute Gasteiger partial charge is 0.232 e. The number of halogens is 1. The number of nitrogens with one attached hydrogen (secondary N) is 3. The number of fused-ring (bicyclic) bond motifs is 1. The van der Waals surface area contributed by atoms with Crippen molar-refractivity contribution >= 4 is 34.5 Å². The second-order valence-corrected chi connectivity index (χ2v) is 6.99. The Morgan fingerprint density at radius 1 is 1.37 bits per heavy atom. The second-order valence-electron chi connectivity index (χ2n) is 6.63. The molecule has 2 bridgehead atoms. The molecule has 27 heavy (non-hydrogen) atoms. The zero-order valence-corrected chi connectivity index (χ0v) is 15.8. The van der Waals surface area contributed by atoms with Crippen LogP contribution < -0.4 is 10.6 Å². The fraction of sp³-hybridized carbons (Fsp3) is 0.529. The highest BCUT2D eigenvalue weighted by atomic mass is 35.5. The van der Waals surface area contributed by atoms with Crippen LogP contribution in [0.4, 0.5) is 5.95 Å². The van der Waals surface area contributed by atoms with Gasteiger partial charge in [-0.2, -0.15) is 10.1 Å². The van der Waals surface area contributed by atoms with Crippen molar-refractivity contribution in [1.29, 1.82) is 5.41 Å². The molecule has 2 aliphatic rings. The average molecular weight is 392 g/mol. The van der Waals surface area contributed by atoms with E-state index in [0.717, 1.165) is 31.8 Å². The number of anilines is 1. The highest BCUT2D eigenvalue weighted by molar-refractivity contribution is 6.34. The summed E-state index contributed by atoms with van der Waals surface area (Å²) in [6.45, 7) is 4.41. The van der Waals surface area contributed by atoms with Gasteiger partial charge < -0.3 is 20.1 Å². The first-order valence-electron chi connectivity index (χ1n) is 9.05. The van der Waals surface area contributed by atoms with E-state index in [4.69, 9.17) is 26.5 Å². The van der Waals surface area contributed by atoms with Crippen LogP contribution in [0.15, 0.2) is 17.6 Å². The van der Waals surface area contributed by atoms with Gasteiger partial charge >= 0.3 is 0 Å². The van der Waals surface area contributed by atoms with Gasteiger partial charge in [-0.05, 0) is 19.8 Å². The lowest BCUT2D eigenvalue weighted by molar-refractivity contribution is 0.0803. The van der Waals surface area contributed by atoms with E-state index in [2.05, 4.69) is 25.7 Å². The van der Waals surface area contributed by atoms with Crippen molar-refractivity contribution in [3.63, 3.8) is 0 Å². The lowest BCUT2D eigenvalue weighted by atomic mass is 10.1. The lowest BCUT2D eigenvalue weighted by Crippen LogP contribution is -2.35. The Kier molecular flexibility index (Phi) is 5.13. The molecule has 1 fully saturated rings. The molecule has 2 aromatic heterocycles. The number of nitrogens with zero attached hydrogens (tertiary/aromatic N) is 4. The summed E-state index contributed by atoms with van der Waals surface area (Å²) in [5, 5.41) is 20.4. The summed E-state index contributed by atoms with van der Waals surface area (Å²) >= 11 is 6.18. The Morgan fingerprint density at radius 2 is 2.19 bits per heavy atom. The third-order valence-corrected chi connectivity index (χ3v) is 4.96. The molecular formula is C17H22ClN7O2. The SMILES string of the molecule is C/C(NC1CCOCC1)=C1\Nc2ncc3c(Cl)nn(c3n2)CCCOC1=N. The van der Waals surface area contributed by atoms with Crippen molar-refractivity contribution < 1.29 is 9.47 Å². The summed E-state index contributed by atoms with van der Waals surface area (Å²) in [6, 6.07) is 0.308. The summed E-state index contributed by atoms with van der Waals surface area (Å²) < 4.78 is 12.8. The number of allylic oxidation sites excluding steroid dienone is 1. The molecule has 3 N–H and O–H groups in total. The van der Waals surface area contributed by atoms with Gasteiger partial charge in [-0.15, -0.1) is 0 Å². The Morgan fingerprint density at radius 3 is 3.00 bits per heavy atom. The normalized spacial score (nSPS) is 20.7. The maximum Gasteiger partial charge on any atom is 0.232 e. The first-order chi connectivity index (χ1) is 13.1. The first-order valence-corrected chi connectivity index (χ1v) is 9.42. The molecule has 0 saturated carbocycles. The minimum absolute atomic E-state index is 0.0633. The molecule has 2 aliphatic heterocycles. The number of ether oxygens (including phenoxy) is 2. The first kappa shape index (κ1) is 18.0. The molecule has 0 radical (unpaired) electrons. The van der Waals surface area contributed by atoms with Gasteiger partial charge in [0, 0.05) is 44.1 Å². The van der Waals surface area contributed by atoms with E-state index in [9.17, 15) is 0 Å². The number of aromatic nitrogens is 4. The minimum atomic E-state index is 0.0633. The van der Waals surface area contributed by atoms with Crippen LogP contribution in [0.5, 0.6) is 0 Å².